The summed E-state index contributed by atoms with van der Waals surface area (Å²) in [4.78, 5) is 20.2. The first-order valence-corrected chi connectivity index (χ1v) is 5.88. The molecule has 0 aromatic carbocycles. The van der Waals surface area contributed by atoms with Crippen LogP contribution in [0.4, 0.5) is 0 Å². The average molecular weight is 239 g/mol. The Bertz CT molecular complexity index is 674. The van der Waals surface area contributed by atoms with E-state index in [1.54, 1.807) is 18.7 Å². The minimum Gasteiger partial charge on any atom is -0.346 e. The Morgan fingerprint density at radius 1 is 1.00 bits per heavy atom. The van der Waals surface area contributed by atoms with Crippen LogP contribution in [0.1, 0.15) is 17.1 Å². The molecule has 5 heteroatoms. The summed E-state index contributed by atoms with van der Waals surface area (Å²) in [6.45, 7) is 1.98. The Balaban J connectivity index is 1.85. The third kappa shape index (κ3) is 1.95. The summed E-state index contributed by atoms with van der Waals surface area (Å²) < 4.78 is 0. The normalized spacial score (nSPS) is 10.9. The molecule has 0 aliphatic carbocycles. The number of aromatic amines is 1. The number of aromatic nitrogens is 5. The minimum absolute atomic E-state index is 0.844. The molecule has 1 N–H and O–H groups in total. The summed E-state index contributed by atoms with van der Waals surface area (Å²) in [6, 6.07) is 2.01. The van der Waals surface area contributed by atoms with Crippen molar-refractivity contribution in [1.29, 1.82) is 0 Å². The number of hydrogen-bond acceptors (Lipinski definition) is 4. The van der Waals surface area contributed by atoms with E-state index in [1.807, 2.05) is 19.2 Å². The maximum Gasteiger partial charge on any atom is 0.140 e. The fourth-order valence-corrected chi connectivity index (χ4v) is 2.04. The summed E-state index contributed by atoms with van der Waals surface area (Å²) in [5.41, 5.74) is 3.94. The van der Waals surface area contributed by atoms with E-state index in [0.29, 0.717) is 0 Å². The van der Waals surface area contributed by atoms with Crippen LogP contribution in [0.2, 0.25) is 0 Å². The first-order chi connectivity index (χ1) is 8.84. The summed E-state index contributed by atoms with van der Waals surface area (Å²) in [5.74, 6) is 0. The predicted octanol–water partition coefficient (Wildman–Crippen LogP) is 1.84. The van der Waals surface area contributed by atoms with Gasteiger partial charge in [0.2, 0.25) is 0 Å². The van der Waals surface area contributed by atoms with Crippen molar-refractivity contribution in [3.63, 3.8) is 0 Å². The quantitative estimate of drug-likeness (QED) is 0.757. The lowest BCUT2D eigenvalue weighted by atomic mass is 10.1. The molecule has 0 unspecified atom stereocenters. The van der Waals surface area contributed by atoms with Gasteiger partial charge in [0.05, 0.1) is 17.1 Å². The highest BCUT2D eigenvalue weighted by Crippen LogP contribution is 2.15. The van der Waals surface area contributed by atoms with Crippen LogP contribution < -0.4 is 0 Å². The number of fused-ring (bicyclic) bond motifs is 1. The summed E-state index contributed by atoms with van der Waals surface area (Å²) in [5, 5.41) is 1.08. The highest BCUT2D eigenvalue weighted by Gasteiger charge is 2.06. The smallest absolute Gasteiger partial charge is 0.140 e. The van der Waals surface area contributed by atoms with Gasteiger partial charge in [-0.15, -0.1) is 0 Å². The van der Waals surface area contributed by atoms with E-state index in [2.05, 4.69) is 24.9 Å². The van der Waals surface area contributed by atoms with E-state index in [1.165, 1.54) is 0 Å². The minimum atomic E-state index is 0.844. The first kappa shape index (κ1) is 10.8. The molecule has 0 aliphatic rings. The molecule has 3 aromatic heterocycles. The Morgan fingerprint density at radius 3 is 2.72 bits per heavy atom. The molecule has 18 heavy (non-hydrogen) atoms. The molecule has 0 bridgehead atoms. The number of nitrogens with one attached hydrogen (secondary N) is 1. The number of H-pyrrole nitrogens is 1. The zero-order valence-electron chi connectivity index (χ0n) is 10.1. The zero-order valence-corrected chi connectivity index (χ0v) is 10.1. The van der Waals surface area contributed by atoms with Crippen LogP contribution in [0.25, 0.3) is 11.0 Å². The van der Waals surface area contributed by atoms with Gasteiger partial charge in [0.15, 0.2) is 0 Å². The molecule has 3 aromatic rings. The van der Waals surface area contributed by atoms with E-state index >= 15 is 0 Å². The van der Waals surface area contributed by atoms with Crippen molar-refractivity contribution in [2.75, 3.05) is 0 Å². The van der Waals surface area contributed by atoms with Crippen molar-refractivity contribution in [3.8, 4) is 0 Å². The highest BCUT2D eigenvalue weighted by molar-refractivity contribution is 5.77. The number of hydrogen-bond donors (Lipinski definition) is 1. The SMILES string of the molecule is Cc1nccnc1CCc1ncnc2[nH]ccc12. The van der Waals surface area contributed by atoms with Gasteiger partial charge in [-0.05, 0) is 25.8 Å². The van der Waals surface area contributed by atoms with Crippen molar-refractivity contribution in [3.05, 3.63) is 48.1 Å². The average Bonchev–Trinajstić information content (AvgIpc) is 2.86. The summed E-state index contributed by atoms with van der Waals surface area (Å²) >= 11 is 0. The van der Waals surface area contributed by atoms with Crippen LogP contribution in [0.5, 0.6) is 0 Å². The lowest BCUT2D eigenvalue weighted by Gasteiger charge is -2.04. The standard InChI is InChI=1S/C13H13N5/c1-9-11(15-7-6-14-9)2-3-12-10-4-5-16-13(10)18-8-17-12/h4-8H,2-3H2,1H3,(H,16,17,18). The number of aryl methyl sites for hydroxylation is 3. The van der Waals surface area contributed by atoms with Gasteiger partial charge >= 0.3 is 0 Å². The van der Waals surface area contributed by atoms with E-state index in [9.17, 15) is 0 Å². The summed E-state index contributed by atoms with van der Waals surface area (Å²) in [7, 11) is 0. The van der Waals surface area contributed by atoms with E-state index in [0.717, 1.165) is 41.0 Å². The molecule has 0 spiro atoms. The molecule has 0 saturated carbocycles. The molecule has 0 radical (unpaired) electrons. The Kier molecular flexibility index (Phi) is 2.72. The van der Waals surface area contributed by atoms with Crippen molar-refractivity contribution >= 4 is 11.0 Å². The largest absolute Gasteiger partial charge is 0.346 e. The molecule has 0 fully saturated rings. The molecule has 5 nitrogen and oxygen atoms in total. The van der Waals surface area contributed by atoms with Gasteiger partial charge in [0, 0.05) is 24.0 Å². The lowest BCUT2D eigenvalue weighted by Crippen LogP contribution is -2.01. The lowest BCUT2D eigenvalue weighted by molar-refractivity contribution is 0.856. The van der Waals surface area contributed by atoms with Crippen LogP contribution in [0, 0.1) is 6.92 Å². The molecular weight excluding hydrogens is 226 g/mol. The monoisotopic (exact) mass is 239 g/mol. The van der Waals surface area contributed by atoms with Gasteiger partial charge in [-0.3, -0.25) is 9.97 Å². The van der Waals surface area contributed by atoms with Crippen molar-refractivity contribution in [1.82, 2.24) is 24.9 Å². The van der Waals surface area contributed by atoms with Gasteiger partial charge in [-0.25, -0.2) is 9.97 Å². The van der Waals surface area contributed by atoms with Crippen LogP contribution in [0.15, 0.2) is 31.0 Å². The maximum atomic E-state index is 4.35. The third-order valence-electron chi connectivity index (χ3n) is 3.02. The molecule has 90 valence electrons. The van der Waals surface area contributed by atoms with Crippen LogP contribution in [-0.4, -0.2) is 24.9 Å². The topological polar surface area (TPSA) is 67.3 Å². The van der Waals surface area contributed by atoms with Crippen molar-refractivity contribution in [2.45, 2.75) is 19.8 Å². The molecule has 3 rings (SSSR count). The van der Waals surface area contributed by atoms with E-state index in [-0.39, 0.29) is 0 Å². The molecule has 0 amide bonds. The van der Waals surface area contributed by atoms with Crippen LogP contribution in [0.3, 0.4) is 0 Å². The Morgan fingerprint density at radius 2 is 1.83 bits per heavy atom. The van der Waals surface area contributed by atoms with Gasteiger partial charge in [0.25, 0.3) is 0 Å². The van der Waals surface area contributed by atoms with Crippen molar-refractivity contribution < 1.29 is 0 Å². The van der Waals surface area contributed by atoms with Gasteiger partial charge in [-0.2, -0.15) is 0 Å². The number of nitrogens with zero attached hydrogens (tertiary/aromatic N) is 4. The third-order valence-corrected chi connectivity index (χ3v) is 3.02. The van der Waals surface area contributed by atoms with Gasteiger partial charge in [0.1, 0.15) is 12.0 Å². The number of rotatable bonds is 3. The molecule has 0 aliphatic heterocycles. The Labute approximate surface area is 104 Å². The zero-order chi connectivity index (χ0) is 12.4. The second kappa shape index (κ2) is 4.52. The highest BCUT2D eigenvalue weighted by atomic mass is 14.9. The van der Waals surface area contributed by atoms with Crippen molar-refractivity contribution in [2.24, 2.45) is 0 Å². The molecule has 0 atom stereocenters. The van der Waals surface area contributed by atoms with Crippen LogP contribution in [-0.2, 0) is 12.8 Å². The molecule has 0 saturated heterocycles. The predicted molar refractivity (Wildman–Crippen MR) is 68.1 cm³/mol. The molecular formula is C13H13N5. The second-order valence-electron chi connectivity index (χ2n) is 4.15. The fraction of sp³-hybridized carbons (Fsp3) is 0.231. The maximum absolute atomic E-state index is 4.35. The Hall–Kier alpha value is -2.30. The van der Waals surface area contributed by atoms with Gasteiger partial charge in [-0.1, -0.05) is 0 Å². The second-order valence-corrected chi connectivity index (χ2v) is 4.15. The van der Waals surface area contributed by atoms with Crippen LogP contribution >= 0.6 is 0 Å². The van der Waals surface area contributed by atoms with E-state index in [4.69, 9.17) is 0 Å². The summed E-state index contributed by atoms with van der Waals surface area (Å²) in [6.07, 6.45) is 8.61. The molecule has 3 heterocycles. The first-order valence-electron chi connectivity index (χ1n) is 5.88. The van der Waals surface area contributed by atoms with Gasteiger partial charge < -0.3 is 4.98 Å². The van der Waals surface area contributed by atoms with E-state index < -0.39 is 0 Å². The fourth-order valence-electron chi connectivity index (χ4n) is 2.04.